The molecule has 0 spiro atoms. The fourth-order valence-electron chi connectivity index (χ4n) is 1.27. The number of amides is 1. The van der Waals surface area contributed by atoms with E-state index in [-0.39, 0.29) is 24.3 Å². The van der Waals surface area contributed by atoms with Gasteiger partial charge in [0, 0.05) is 13.6 Å². The molecule has 1 rings (SSSR count). The lowest BCUT2D eigenvalue weighted by molar-refractivity contribution is -0.128. The maximum atomic E-state index is 11.3. The molecular formula is C7H14N4O2. The molecule has 13 heavy (non-hydrogen) atoms. The Bertz CT molecular complexity index is 229. The Morgan fingerprint density at radius 2 is 2.62 bits per heavy atom. The molecule has 4 N–H and O–H groups in total. The molecule has 1 amide bonds. The summed E-state index contributed by atoms with van der Waals surface area (Å²) in [5, 5.41) is 14.0. The number of nitrogens with one attached hydrogen (secondary N) is 1. The number of amidine groups is 1. The zero-order valence-corrected chi connectivity index (χ0v) is 7.53. The van der Waals surface area contributed by atoms with Crippen LogP contribution in [0.5, 0.6) is 0 Å². The Labute approximate surface area is 76.4 Å². The van der Waals surface area contributed by atoms with Gasteiger partial charge in [-0.25, -0.2) is 0 Å². The summed E-state index contributed by atoms with van der Waals surface area (Å²) in [5.74, 6) is 0.146. The standard InChI is InChI=1S/C7H14N4O2/c1-11-3-2-5(7(11)12)9-4-6(8)10-13/h5,9,13H,2-4H2,1H3,(H2,8,10). The summed E-state index contributed by atoms with van der Waals surface area (Å²) in [7, 11) is 1.76. The van der Waals surface area contributed by atoms with Crippen molar-refractivity contribution in [3.05, 3.63) is 0 Å². The second-order valence-electron chi connectivity index (χ2n) is 3.07. The zero-order chi connectivity index (χ0) is 9.84. The predicted molar refractivity (Wildman–Crippen MR) is 47.5 cm³/mol. The molecule has 0 aromatic heterocycles. The molecule has 0 aromatic carbocycles. The summed E-state index contributed by atoms with van der Waals surface area (Å²) in [6, 6.07) is -0.190. The molecule has 0 saturated carbocycles. The van der Waals surface area contributed by atoms with E-state index in [9.17, 15) is 4.79 Å². The van der Waals surface area contributed by atoms with E-state index in [1.807, 2.05) is 0 Å². The maximum Gasteiger partial charge on any atom is 0.239 e. The molecule has 0 aliphatic carbocycles. The summed E-state index contributed by atoms with van der Waals surface area (Å²) in [6.07, 6.45) is 0.772. The van der Waals surface area contributed by atoms with Crippen molar-refractivity contribution in [2.45, 2.75) is 12.5 Å². The second kappa shape index (κ2) is 4.08. The number of nitrogens with two attached hydrogens (primary N) is 1. The summed E-state index contributed by atoms with van der Waals surface area (Å²) in [4.78, 5) is 13.0. The topological polar surface area (TPSA) is 90.9 Å². The van der Waals surface area contributed by atoms with Gasteiger partial charge in [0.15, 0.2) is 5.84 Å². The van der Waals surface area contributed by atoms with E-state index in [1.54, 1.807) is 11.9 Å². The third-order valence-electron chi connectivity index (χ3n) is 2.09. The van der Waals surface area contributed by atoms with Crippen LogP contribution < -0.4 is 11.1 Å². The number of oxime groups is 1. The van der Waals surface area contributed by atoms with Crippen LogP contribution in [0.4, 0.5) is 0 Å². The van der Waals surface area contributed by atoms with Gasteiger partial charge in [-0.1, -0.05) is 5.16 Å². The third kappa shape index (κ3) is 2.32. The fraction of sp³-hybridized carbons (Fsp3) is 0.714. The summed E-state index contributed by atoms with van der Waals surface area (Å²) < 4.78 is 0. The molecular weight excluding hydrogens is 172 g/mol. The number of hydrogen-bond donors (Lipinski definition) is 3. The third-order valence-corrected chi connectivity index (χ3v) is 2.09. The van der Waals surface area contributed by atoms with E-state index in [2.05, 4.69) is 10.5 Å². The van der Waals surface area contributed by atoms with E-state index in [4.69, 9.17) is 10.9 Å². The van der Waals surface area contributed by atoms with Gasteiger partial charge in [0.2, 0.25) is 5.91 Å². The molecule has 74 valence electrons. The molecule has 1 fully saturated rings. The van der Waals surface area contributed by atoms with Crippen molar-refractivity contribution in [2.24, 2.45) is 10.9 Å². The first-order valence-electron chi connectivity index (χ1n) is 4.10. The average Bonchev–Trinajstić information content (AvgIpc) is 2.44. The lowest BCUT2D eigenvalue weighted by atomic mass is 10.2. The normalized spacial score (nSPS) is 24.1. The minimum Gasteiger partial charge on any atom is -0.409 e. The first kappa shape index (κ1) is 9.79. The predicted octanol–water partition coefficient (Wildman–Crippen LogP) is -1.45. The fourth-order valence-corrected chi connectivity index (χ4v) is 1.27. The van der Waals surface area contributed by atoms with Gasteiger partial charge in [-0.3, -0.25) is 10.1 Å². The Hall–Kier alpha value is -1.30. The monoisotopic (exact) mass is 186 g/mol. The van der Waals surface area contributed by atoms with E-state index < -0.39 is 0 Å². The SMILES string of the molecule is CN1CCC(NCC(N)=NO)C1=O. The number of carbonyl (C=O) groups excluding carboxylic acids is 1. The second-order valence-corrected chi connectivity index (χ2v) is 3.07. The van der Waals surface area contributed by atoms with Crippen LogP contribution in [0.2, 0.25) is 0 Å². The van der Waals surface area contributed by atoms with Crippen molar-refractivity contribution in [1.29, 1.82) is 0 Å². The van der Waals surface area contributed by atoms with Gasteiger partial charge >= 0.3 is 0 Å². The van der Waals surface area contributed by atoms with Crippen LogP contribution in [0.25, 0.3) is 0 Å². The van der Waals surface area contributed by atoms with Crippen molar-refractivity contribution in [1.82, 2.24) is 10.2 Å². The van der Waals surface area contributed by atoms with E-state index in [1.165, 1.54) is 0 Å². The number of carbonyl (C=O) groups is 1. The minimum absolute atomic E-state index is 0.0609. The van der Waals surface area contributed by atoms with Gasteiger partial charge in [-0.2, -0.15) is 0 Å². The first-order valence-corrected chi connectivity index (χ1v) is 4.10. The summed E-state index contributed by atoms with van der Waals surface area (Å²) in [5.41, 5.74) is 5.24. The van der Waals surface area contributed by atoms with Crippen LogP contribution in [-0.2, 0) is 4.79 Å². The van der Waals surface area contributed by atoms with Crippen molar-refractivity contribution in [3.63, 3.8) is 0 Å². The lowest BCUT2D eigenvalue weighted by Crippen LogP contribution is -2.41. The molecule has 0 bridgehead atoms. The van der Waals surface area contributed by atoms with Crippen LogP contribution in [0.3, 0.4) is 0 Å². The van der Waals surface area contributed by atoms with Crippen molar-refractivity contribution in [2.75, 3.05) is 20.1 Å². The number of likely N-dealkylation sites (N-methyl/N-ethyl adjacent to an activating group) is 1. The highest BCUT2D eigenvalue weighted by Crippen LogP contribution is 2.07. The minimum atomic E-state index is -0.190. The quantitative estimate of drug-likeness (QED) is 0.218. The summed E-state index contributed by atoms with van der Waals surface area (Å²) >= 11 is 0. The zero-order valence-electron chi connectivity index (χ0n) is 7.53. The Morgan fingerprint density at radius 1 is 1.92 bits per heavy atom. The highest BCUT2D eigenvalue weighted by atomic mass is 16.4. The van der Waals surface area contributed by atoms with Gasteiger partial charge in [-0.05, 0) is 6.42 Å². The molecule has 1 atom stereocenters. The number of rotatable bonds is 3. The number of likely N-dealkylation sites (tertiary alicyclic amines) is 1. The van der Waals surface area contributed by atoms with Crippen LogP contribution >= 0.6 is 0 Å². The van der Waals surface area contributed by atoms with E-state index in [0.717, 1.165) is 13.0 Å². The molecule has 1 aliphatic heterocycles. The average molecular weight is 186 g/mol. The highest BCUT2D eigenvalue weighted by Gasteiger charge is 2.28. The van der Waals surface area contributed by atoms with E-state index in [0.29, 0.717) is 0 Å². The highest BCUT2D eigenvalue weighted by molar-refractivity contribution is 5.86. The Morgan fingerprint density at radius 3 is 3.08 bits per heavy atom. The van der Waals surface area contributed by atoms with Crippen LogP contribution in [0.15, 0.2) is 5.16 Å². The van der Waals surface area contributed by atoms with E-state index >= 15 is 0 Å². The molecule has 1 aliphatic rings. The molecule has 1 heterocycles. The van der Waals surface area contributed by atoms with Gasteiger partial charge in [0.1, 0.15) is 0 Å². The molecule has 1 unspecified atom stereocenters. The van der Waals surface area contributed by atoms with Crippen molar-refractivity contribution < 1.29 is 10.0 Å². The van der Waals surface area contributed by atoms with Gasteiger partial charge in [0.25, 0.3) is 0 Å². The number of hydrogen-bond acceptors (Lipinski definition) is 4. The molecule has 6 nitrogen and oxygen atoms in total. The summed E-state index contributed by atoms with van der Waals surface area (Å²) in [6.45, 7) is 0.993. The first-order chi connectivity index (χ1) is 6.15. The van der Waals surface area contributed by atoms with Gasteiger partial charge in [0.05, 0.1) is 12.6 Å². The smallest absolute Gasteiger partial charge is 0.239 e. The van der Waals surface area contributed by atoms with Crippen LogP contribution in [-0.4, -0.2) is 48.0 Å². The largest absolute Gasteiger partial charge is 0.409 e. The number of nitrogens with zero attached hydrogens (tertiary/aromatic N) is 2. The van der Waals surface area contributed by atoms with Crippen molar-refractivity contribution in [3.8, 4) is 0 Å². The van der Waals surface area contributed by atoms with Crippen LogP contribution in [0.1, 0.15) is 6.42 Å². The van der Waals surface area contributed by atoms with Gasteiger partial charge < -0.3 is 15.8 Å². The molecule has 0 aromatic rings. The van der Waals surface area contributed by atoms with Crippen molar-refractivity contribution >= 4 is 11.7 Å². The van der Waals surface area contributed by atoms with Gasteiger partial charge in [-0.15, -0.1) is 0 Å². The molecule has 6 heteroatoms. The molecule has 1 saturated heterocycles. The Balaban J connectivity index is 2.35. The maximum absolute atomic E-state index is 11.3. The van der Waals surface area contributed by atoms with Crippen LogP contribution in [0, 0.1) is 0 Å². The Kier molecular flexibility index (Phi) is 3.07. The lowest BCUT2D eigenvalue weighted by Gasteiger charge is -2.10. The molecule has 0 radical (unpaired) electrons.